The molecule has 0 fully saturated rings. The van der Waals surface area contributed by atoms with Gasteiger partial charge in [0, 0.05) is 26.3 Å². The summed E-state index contributed by atoms with van der Waals surface area (Å²) in [6.07, 6.45) is 0. The van der Waals surface area contributed by atoms with Crippen molar-refractivity contribution in [2.75, 3.05) is 17.7 Å². The molecule has 0 aromatic heterocycles. The van der Waals surface area contributed by atoms with E-state index in [4.69, 9.17) is 4.74 Å². The molecule has 1 atom stereocenters. The smallest absolute Gasteiger partial charge is 0.255 e. The SMILES string of the molecule is COc1cccc(C(=O)Nc2ccc(SC(C)C(=O)Nc3ccc(Br)cc3)cc2)c1. The average molecular weight is 485 g/mol. The Labute approximate surface area is 188 Å². The minimum Gasteiger partial charge on any atom is -0.497 e. The molecule has 0 radical (unpaired) electrons. The number of ether oxygens (including phenoxy) is 1. The molecule has 0 saturated heterocycles. The first kappa shape index (κ1) is 21.9. The molecule has 0 heterocycles. The van der Waals surface area contributed by atoms with Crippen molar-refractivity contribution in [1.82, 2.24) is 0 Å². The van der Waals surface area contributed by atoms with Crippen LogP contribution < -0.4 is 15.4 Å². The number of methoxy groups -OCH3 is 1. The van der Waals surface area contributed by atoms with Gasteiger partial charge in [-0.15, -0.1) is 11.8 Å². The predicted octanol–water partition coefficient (Wildman–Crippen LogP) is 5.83. The van der Waals surface area contributed by atoms with Crippen LogP contribution in [0.15, 0.2) is 82.2 Å². The van der Waals surface area contributed by atoms with Gasteiger partial charge in [0.05, 0.1) is 12.4 Å². The molecule has 30 heavy (non-hydrogen) atoms. The average Bonchev–Trinajstić information content (AvgIpc) is 2.76. The van der Waals surface area contributed by atoms with Crippen molar-refractivity contribution >= 4 is 50.9 Å². The fraction of sp³-hybridized carbons (Fsp3) is 0.130. The number of thioether (sulfide) groups is 1. The van der Waals surface area contributed by atoms with Crippen LogP contribution in [-0.4, -0.2) is 24.2 Å². The standard InChI is InChI=1S/C23H21BrN2O3S/c1-15(22(27)25-18-8-6-17(24)7-9-18)30-21-12-10-19(11-13-21)26-23(28)16-4-3-5-20(14-16)29-2/h3-15H,1-2H3,(H,25,27)(H,26,28). The molecule has 154 valence electrons. The molecule has 0 aliphatic heterocycles. The fourth-order valence-corrected chi connectivity index (χ4v) is 3.75. The van der Waals surface area contributed by atoms with Crippen LogP contribution >= 0.6 is 27.7 Å². The van der Waals surface area contributed by atoms with E-state index in [1.54, 1.807) is 31.4 Å². The number of carbonyl (C=O) groups excluding carboxylic acids is 2. The lowest BCUT2D eigenvalue weighted by atomic mass is 10.2. The van der Waals surface area contributed by atoms with Crippen molar-refractivity contribution in [3.63, 3.8) is 0 Å². The molecule has 0 saturated carbocycles. The lowest BCUT2D eigenvalue weighted by Crippen LogP contribution is -2.22. The molecule has 3 aromatic rings. The van der Waals surface area contributed by atoms with Crippen molar-refractivity contribution in [3.8, 4) is 5.75 Å². The first-order chi connectivity index (χ1) is 14.4. The molecule has 0 spiro atoms. The monoisotopic (exact) mass is 484 g/mol. The largest absolute Gasteiger partial charge is 0.497 e. The molecule has 0 bridgehead atoms. The number of nitrogens with one attached hydrogen (secondary N) is 2. The van der Waals surface area contributed by atoms with Gasteiger partial charge in [-0.05, 0) is 73.7 Å². The second-order valence-corrected chi connectivity index (χ2v) is 8.80. The normalized spacial score (nSPS) is 11.4. The summed E-state index contributed by atoms with van der Waals surface area (Å²) >= 11 is 4.83. The van der Waals surface area contributed by atoms with E-state index in [1.165, 1.54) is 11.8 Å². The van der Waals surface area contributed by atoms with E-state index < -0.39 is 0 Å². The first-order valence-corrected chi connectivity index (χ1v) is 10.9. The van der Waals surface area contributed by atoms with Crippen LogP contribution in [0.5, 0.6) is 5.75 Å². The molecule has 7 heteroatoms. The minimum absolute atomic E-state index is 0.0715. The van der Waals surface area contributed by atoms with Crippen molar-refractivity contribution in [1.29, 1.82) is 0 Å². The van der Waals surface area contributed by atoms with Crippen molar-refractivity contribution in [2.45, 2.75) is 17.1 Å². The van der Waals surface area contributed by atoms with Gasteiger partial charge in [0.2, 0.25) is 5.91 Å². The molecular weight excluding hydrogens is 464 g/mol. The van der Waals surface area contributed by atoms with Crippen molar-refractivity contribution < 1.29 is 14.3 Å². The Hall–Kier alpha value is -2.77. The first-order valence-electron chi connectivity index (χ1n) is 9.23. The quantitative estimate of drug-likeness (QED) is 0.414. The Morgan fingerprint density at radius 1 is 0.933 bits per heavy atom. The summed E-state index contributed by atoms with van der Waals surface area (Å²) < 4.78 is 6.11. The highest BCUT2D eigenvalue weighted by atomic mass is 79.9. The molecule has 1 unspecified atom stereocenters. The zero-order chi connectivity index (χ0) is 21.5. The van der Waals surface area contributed by atoms with Gasteiger partial charge in [0.15, 0.2) is 0 Å². The summed E-state index contributed by atoms with van der Waals surface area (Å²) in [6.45, 7) is 1.86. The number of halogens is 1. The van der Waals surface area contributed by atoms with E-state index in [2.05, 4.69) is 26.6 Å². The summed E-state index contributed by atoms with van der Waals surface area (Å²) in [7, 11) is 1.56. The molecular formula is C23H21BrN2O3S. The number of carbonyl (C=O) groups is 2. The summed E-state index contributed by atoms with van der Waals surface area (Å²) in [5, 5.41) is 5.50. The van der Waals surface area contributed by atoms with E-state index in [-0.39, 0.29) is 17.1 Å². The van der Waals surface area contributed by atoms with Gasteiger partial charge in [0.1, 0.15) is 5.75 Å². The third-order valence-corrected chi connectivity index (χ3v) is 5.88. The van der Waals surface area contributed by atoms with E-state index in [0.29, 0.717) is 17.0 Å². The topological polar surface area (TPSA) is 67.4 Å². The molecule has 2 amide bonds. The van der Waals surface area contributed by atoms with Gasteiger partial charge in [-0.2, -0.15) is 0 Å². The number of anilines is 2. The number of hydrogen-bond donors (Lipinski definition) is 2. The second-order valence-electron chi connectivity index (χ2n) is 6.47. The lowest BCUT2D eigenvalue weighted by molar-refractivity contribution is -0.115. The maximum Gasteiger partial charge on any atom is 0.255 e. The second kappa shape index (κ2) is 10.3. The number of rotatable bonds is 7. The molecule has 2 N–H and O–H groups in total. The Morgan fingerprint density at radius 2 is 1.57 bits per heavy atom. The third kappa shape index (κ3) is 6.11. The van der Waals surface area contributed by atoms with Crippen LogP contribution in [0.2, 0.25) is 0 Å². The zero-order valence-corrected chi connectivity index (χ0v) is 18.9. The Morgan fingerprint density at radius 3 is 2.23 bits per heavy atom. The Kier molecular flexibility index (Phi) is 7.54. The molecule has 3 aromatic carbocycles. The lowest BCUT2D eigenvalue weighted by Gasteiger charge is -2.13. The molecule has 0 aliphatic rings. The molecule has 3 rings (SSSR count). The summed E-state index contributed by atoms with van der Waals surface area (Å²) in [4.78, 5) is 25.8. The highest BCUT2D eigenvalue weighted by molar-refractivity contribution is 9.10. The predicted molar refractivity (Wildman–Crippen MR) is 125 cm³/mol. The van der Waals surface area contributed by atoms with Gasteiger partial charge in [-0.3, -0.25) is 9.59 Å². The van der Waals surface area contributed by atoms with Crippen molar-refractivity contribution in [3.05, 3.63) is 82.8 Å². The van der Waals surface area contributed by atoms with Gasteiger partial charge in [-0.25, -0.2) is 0 Å². The van der Waals surface area contributed by atoms with Crippen molar-refractivity contribution in [2.24, 2.45) is 0 Å². The Bertz CT molecular complexity index is 1020. The van der Waals surface area contributed by atoms with Crippen LogP contribution in [0.25, 0.3) is 0 Å². The van der Waals surface area contributed by atoms with Crippen LogP contribution in [-0.2, 0) is 4.79 Å². The van der Waals surface area contributed by atoms with Gasteiger partial charge in [-0.1, -0.05) is 22.0 Å². The van der Waals surface area contributed by atoms with Crippen LogP contribution in [0.1, 0.15) is 17.3 Å². The molecule has 5 nitrogen and oxygen atoms in total. The Balaban J connectivity index is 1.56. The minimum atomic E-state index is -0.272. The maximum atomic E-state index is 12.4. The highest BCUT2D eigenvalue weighted by Crippen LogP contribution is 2.26. The van der Waals surface area contributed by atoms with E-state index in [0.717, 1.165) is 15.1 Å². The van der Waals surface area contributed by atoms with E-state index >= 15 is 0 Å². The third-order valence-electron chi connectivity index (χ3n) is 4.24. The summed E-state index contributed by atoms with van der Waals surface area (Å²) in [5.74, 6) is 0.346. The van der Waals surface area contributed by atoms with E-state index in [9.17, 15) is 9.59 Å². The summed E-state index contributed by atoms with van der Waals surface area (Å²) in [5.41, 5.74) is 1.96. The van der Waals surface area contributed by atoms with Crippen LogP contribution in [0.3, 0.4) is 0 Å². The van der Waals surface area contributed by atoms with E-state index in [1.807, 2.05) is 55.5 Å². The van der Waals surface area contributed by atoms with Crippen LogP contribution in [0, 0.1) is 0 Å². The number of amides is 2. The highest BCUT2D eigenvalue weighted by Gasteiger charge is 2.15. The number of benzene rings is 3. The van der Waals surface area contributed by atoms with Gasteiger partial charge in [0.25, 0.3) is 5.91 Å². The van der Waals surface area contributed by atoms with Gasteiger partial charge >= 0.3 is 0 Å². The number of hydrogen-bond acceptors (Lipinski definition) is 4. The summed E-state index contributed by atoms with van der Waals surface area (Å²) in [6, 6.07) is 21.8. The van der Waals surface area contributed by atoms with Gasteiger partial charge < -0.3 is 15.4 Å². The maximum absolute atomic E-state index is 12.4. The molecule has 0 aliphatic carbocycles. The van der Waals surface area contributed by atoms with Crippen LogP contribution in [0.4, 0.5) is 11.4 Å². The zero-order valence-electron chi connectivity index (χ0n) is 16.5. The fourth-order valence-electron chi connectivity index (χ4n) is 2.62.